The molecule has 2 amide bonds. The minimum atomic E-state index is -0.702. The van der Waals surface area contributed by atoms with E-state index in [-0.39, 0.29) is 12.5 Å². The number of ether oxygens (including phenoxy) is 1. The summed E-state index contributed by atoms with van der Waals surface area (Å²) in [6.45, 7) is 5.30. The van der Waals surface area contributed by atoms with Gasteiger partial charge in [0.1, 0.15) is 0 Å². The van der Waals surface area contributed by atoms with Crippen LogP contribution in [0.15, 0.2) is 0 Å². The van der Waals surface area contributed by atoms with Crippen molar-refractivity contribution < 1.29 is 14.3 Å². The molecular formula is C12H23N3O3. The van der Waals surface area contributed by atoms with Crippen molar-refractivity contribution in [3.05, 3.63) is 0 Å². The fourth-order valence-corrected chi connectivity index (χ4v) is 2.27. The summed E-state index contributed by atoms with van der Waals surface area (Å²) in [4.78, 5) is 25.3. The van der Waals surface area contributed by atoms with Gasteiger partial charge >= 0.3 is 0 Å². The van der Waals surface area contributed by atoms with E-state index in [0.29, 0.717) is 32.5 Å². The molecule has 104 valence electrons. The first-order valence-corrected chi connectivity index (χ1v) is 6.41. The Bertz CT molecular complexity index is 307. The lowest BCUT2D eigenvalue weighted by atomic mass is 9.80. The number of carbonyl (C=O) groups is 2. The van der Waals surface area contributed by atoms with Crippen molar-refractivity contribution in [2.75, 3.05) is 26.2 Å². The molecule has 1 fully saturated rings. The van der Waals surface area contributed by atoms with Crippen LogP contribution in [0.3, 0.4) is 0 Å². The highest BCUT2D eigenvalue weighted by molar-refractivity contribution is 5.85. The van der Waals surface area contributed by atoms with Crippen molar-refractivity contribution in [3.63, 3.8) is 0 Å². The molecule has 1 saturated heterocycles. The number of amides is 2. The lowest BCUT2D eigenvalue weighted by Gasteiger charge is -2.38. The third kappa shape index (κ3) is 2.81. The van der Waals surface area contributed by atoms with Crippen LogP contribution in [0.1, 0.15) is 26.7 Å². The first-order chi connectivity index (χ1) is 8.50. The third-order valence-corrected chi connectivity index (χ3v) is 3.87. The number of rotatable bonds is 5. The minimum Gasteiger partial charge on any atom is -0.367 e. The van der Waals surface area contributed by atoms with E-state index in [4.69, 9.17) is 16.2 Å². The minimum absolute atomic E-state index is 0.00421. The topological polar surface area (TPSA) is 98.7 Å². The molecular weight excluding hydrogens is 234 g/mol. The van der Waals surface area contributed by atoms with E-state index < -0.39 is 17.4 Å². The number of nitrogens with zero attached hydrogens (tertiary/aromatic N) is 1. The summed E-state index contributed by atoms with van der Waals surface area (Å²) in [7, 11) is 0. The second-order valence-electron chi connectivity index (χ2n) is 4.70. The quantitative estimate of drug-likeness (QED) is 0.691. The second kappa shape index (κ2) is 6.15. The first-order valence-electron chi connectivity index (χ1n) is 6.41. The zero-order chi connectivity index (χ0) is 13.8. The van der Waals surface area contributed by atoms with E-state index in [1.807, 2.05) is 13.8 Å². The van der Waals surface area contributed by atoms with Crippen LogP contribution in [0.4, 0.5) is 0 Å². The SMILES string of the molecule is CCC(CC)(CN)C(=O)N1CCOC(C(N)=O)C1. The van der Waals surface area contributed by atoms with Gasteiger partial charge in [0.2, 0.25) is 11.8 Å². The summed E-state index contributed by atoms with van der Waals surface area (Å²) >= 11 is 0. The van der Waals surface area contributed by atoms with Gasteiger partial charge in [-0.15, -0.1) is 0 Å². The molecule has 6 nitrogen and oxygen atoms in total. The molecule has 0 radical (unpaired) electrons. The van der Waals surface area contributed by atoms with Gasteiger partial charge in [-0.05, 0) is 12.8 Å². The van der Waals surface area contributed by atoms with E-state index in [2.05, 4.69) is 0 Å². The predicted molar refractivity (Wildman–Crippen MR) is 67.6 cm³/mol. The van der Waals surface area contributed by atoms with Gasteiger partial charge < -0.3 is 21.1 Å². The number of carbonyl (C=O) groups excluding carboxylic acids is 2. The van der Waals surface area contributed by atoms with E-state index in [1.54, 1.807) is 4.90 Å². The average Bonchev–Trinajstić information content (AvgIpc) is 2.41. The normalized spacial score (nSPS) is 20.8. The van der Waals surface area contributed by atoms with Crippen molar-refractivity contribution in [2.45, 2.75) is 32.8 Å². The predicted octanol–water partition coefficient (Wildman–Crippen LogP) is -0.536. The van der Waals surface area contributed by atoms with Crippen LogP contribution in [0.25, 0.3) is 0 Å². The molecule has 4 N–H and O–H groups in total. The van der Waals surface area contributed by atoms with Crippen LogP contribution in [0.2, 0.25) is 0 Å². The molecule has 0 spiro atoms. The molecule has 1 atom stereocenters. The van der Waals surface area contributed by atoms with Gasteiger partial charge in [-0.3, -0.25) is 9.59 Å². The molecule has 1 aliphatic heterocycles. The maximum absolute atomic E-state index is 12.5. The number of hydrogen-bond donors (Lipinski definition) is 2. The summed E-state index contributed by atoms with van der Waals surface area (Å²) < 4.78 is 5.23. The molecule has 18 heavy (non-hydrogen) atoms. The van der Waals surface area contributed by atoms with Crippen LogP contribution in [0, 0.1) is 5.41 Å². The zero-order valence-electron chi connectivity index (χ0n) is 11.1. The smallest absolute Gasteiger partial charge is 0.248 e. The Balaban J connectivity index is 2.79. The Labute approximate surface area is 108 Å². The number of primary amides is 1. The summed E-state index contributed by atoms with van der Waals surface area (Å²) in [6.07, 6.45) is 0.682. The molecule has 0 aromatic heterocycles. The Morgan fingerprint density at radius 1 is 1.39 bits per heavy atom. The average molecular weight is 257 g/mol. The highest BCUT2D eigenvalue weighted by Crippen LogP contribution is 2.28. The first kappa shape index (κ1) is 14.9. The van der Waals surface area contributed by atoms with E-state index in [0.717, 1.165) is 0 Å². The molecule has 1 rings (SSSR count). The van der Waals surface area contributed by atoms with Crippen molar-refractivity contribution in [2.24, 2.45) is 16.9 Å². The molecule has 1 unspecified atom stereocenters. The fourth-order valence-electron chi connectivity index (χ4n) is 2.27. The highest BCUT2D eigenvalue weighted by atomic mass is 16.5. The Morgan fingerprint density at radius 2 is 2.00 bits per heavy atom. The lowest BCUT2D eigenvalue weighted by molar-refractivity contribution is -0.153. The van der Waals surface area contributed by atoms with Gasteiger partial charge in [-0.2, -0.15) is 0 Å². The van der Waals surface area contributed by atoms with Crippen LogP contribution < -0.4 is 11.5 Å². The Morgan fingerprint density at radius 3 is 2.44 bits per heavy atom. The van der Waals surface area contributed by atoms with Crippen molar-refractivity contribution in [1.82, 2.24) is 4.90 Å². The van der Waals surface area contributed by atoms with Gasteiger partial charge in [0.05, 0.1) is 18.6 Å². The maximum atomic E-state index is 12.5. The summed E-state index contributed by atoms with van der Waals surface area (Å²) in [5.41, 5.74) is 10.4. The zero-order valence-corrected chi connectivity index (χ0v) is 11.1. The fraction of sp³-hybridized carbons (Fsp3) is 0.833. The van der Waals surface area contributed by atoms with Crippen LogP contribution >= 0.6 is 0 Å². The molecule has 0 aromatic carbocycles. The highest BCUT2D eigenvalue weighted by Gasteiger charge is 2.39. The lowest BCUT2D eigenvalue weighted by Crippen LogP contribution is -2.55. The Kier molecular flexibility index (Phi) is 5.10. The molecule has 1 aliphatic rings. The van der Waals surface area contributed by atoms with Gasteiger partial charge in [0.25, 0.3) is 0 Å². The molecule has 0 saturated carbocycles. The second-order valence-corrected chi connectivity index (χ2v) is 4.70. The summed E-state index contributed by atoms with van der Waals surface area (Å²) in [5.74, 6) is -0.525. The largest absolute Gasteiger partial charge is 0.367 e. The molecule has 1 heterocycles. The summed E-state index contributed by atoms with van der Waals surface area (Å²) in [6, 6.07) is 0. The monoisotopic (exact) mass is 257 g/mol. The van der Waals surface area contributed by atoms with Gasteiger partial charge in [0, 0.05) is 13.1 Å². The Hall–Kier alpha value is -1.14. The standard InChI is InChI=1S/C12H23N3O3/c1-3-12(4-2,8-13)11(17)15-5-6-18-9(7-15)10(14)16/h9H,3-8,13H2,1-2H3,(H2,14,16). The van der Waals surface area contributed by atoms with Crippen LogP contribution in [0.5, 0.6) is 0 Å². The van der Waals surface area contributed by atoms with E-state index in [9.17, 15) is 9.59 Å². The summed E-state index contributed by atoms with van der Waals surface area (Å²) in [5, 5.41) is 0. The van der Waals surface area contributed by atoms with Crippen molar-refractivity contribution in [1.29, 1.82) is 0 Å². The van der Waals surface area contributed by atoms with Gasteiger partial charge in [-0.25, -0.2) is 0 Å². The van der Waals surface area contributed by atoms with Gasteiger partial charge in [0.15, 0.2) is 6.10 Å². The van der Waals surface area contributed by atoms with Gasteiger partial charge in [-0.1, -0.05) is 13.8 Å². The molecule has 0 aliphatic carbocycles. The van der Waals surface area contributed by atoms with Crippen molar-refractivity contribution >= 4 is 11.8 Å². The van der Waals surface area contributed by atoms with E-state index >= 15 is 0 Å². The molecule has 0 aromatic rings. The van der Waals surface area contributed by atoms with E-state index in [1.165, 1.54) is 0 Å². The van der Waals surface area contributed by atoms with Crippen LogP contribution in [-0.2, 0) is 14.3 Å². The molecule has 0 bridgehead atoms. The van der Waals surface area contributed by atoms with Crippen LogP contribution in [-0.4, -0.2) is 49.1 Å². The third-order valence-electron chi connectivity index (χ3n) is 3.87. The van der Waals surface area contributed by atoms with Crippen molar-refractivity contribution in [3.8, 4) is 0 Å². The number of hydrogen-bond acceptors (Lipinski definition) is 4. The maximum Gasteiger partial charge on any atom is 0.248 e. The number of morpholine rings is 1. The number of nitrogens with two attached hydrogens (primary N) is 2. The molecule has 6 heteroatoms.